The summed E-state index contributed by atoms with van der Waals surface area (Å²) in [6.07, 6.45) is 2.08. The third-order valence-corrected chi connectivity index (χ3v) is 6.33. The Bertz CT molecular complexity index is 565. The number of nitrogens with two attached hydrogens (primary N) is 1. The smallest absolute Gasteiger partial charge is 0.247 e. The van der Waals surface area contributed by atoms with Crippen LogP contribution in [0.5, 0.6) is 0 Å². The van der Waals surface area contributed by atoms with E-state index < -0.39 is 10.0 Å². The maximum absolute atomic E-state index is 11.9. The number of hydrogen-bond donors (Lipinski definition) is 1. The maximum Gasteiger partial charge on any atom is 0.247 e. The summed E-state index contributed by atoms with van der Waals surface area (Å²) in [6.45, 7) is 3.25. The van der Waals surface area contributed by atoms with Crippen molar-refractivity contribution in [2.45, 2.75) is 28.2 Å². The molecule has 0 spiro atoms. The molecular weight excluding hydrogens is 292 g/mol. The van der Waals surface area contributed by atoms with E-state index in [1.807, 2.05) is 4.31 Å². The number of Topliss-reactive ketones (excluding diaryl/α,β-unsaturated/α-hetero) is 1. The molecule has 1 aromatic heterocycles. The summed E-state index contributed by atoms with van der Waals surface area (Å²) in [6, 6.07) is 1.39. The van der Waals surface area contributed by atoms with Crippen molar-refractivity contribution in [1.29, 1.82) is 0 Å². The average molecular weight is 306 g/mol. The third-order valence-electron chi connectivity index (χ3n) is 2.55. The molecule has 0 aliphatic carbocycles. The minimum absolute atomic E-state index is 0.0361. The number of primary sulfonamides is 1. The number of fused-ring (bicyclic) bond motifs is 1. The van der Waals surface area contributed by atoms with Crippen LogP contribution in [0.25, 0.3) is 0 Å². The number of carbonyl (C=O) groups excluding carboxylic acids is 1. The Labute approximate surface area is 115 Å². The Morgan fingerprint density at radius 3 is 2.83 bits per heavy atom. The number of thiophene rings is 1. The Balaban J connectivity index is 2.25. The van der Waals surface area contributed by atoms with Crippen molar-refractivity contribution < 1.29 is 13.2 Å². The molecule has 0 unspecified atom stereocenters. The SMILES string of the molecule is CCCCN1CC(=O)c2cc(S(N)(=O)=O)sc2S1. The largest absolute Gasteiger partial charge is 0.293 e. The van der Waals surface area contributed by atoms with Crippen LogP contribution in [-0.2, 0) is 10.0 Å². The van der Waals surface area contributed by atoms with Crippen molar-refractivity contribution in [1.82, 2.24) is 4.31 Å². The molecule has 100 valence electrons. The highest BCUT2D eigenvalue weighted by Gasteiger charge is 2.28. The van der Waals surface area contributed by atoms with E-state index in [4.69, 9.17) is 5.14 Å². The number of rotatable bonds is 4. The molecule has 2 heterocycles. The van der Waals surface area contributed by atoms with Gasteiger partial charge in [0.15, 0.2) is 5.78 Å². The number of carbonyl (C=O) groups is 1. The molecule has 5 nitrogen and oxygen atoms in total. The van der Waals surface area contributed by atoms with E-state index >= 15 is 0 Å². The molecule has 0 aromatic carbocycles. The molecule has 18 heavy (non-hydrogen) atoms. The van der Waals surface area contributed by atoms with Crippen LogP contribution in [-0.4, -0.2) is 31.6 Å². The number of unbranched alkanes of at least 4 members (excludes halogenated alkanes) is 1. The molecular formula is C10H14N2O3S3. The molecule has 2 N–H and O–H groups in total. The van der Waals surface area contributed by atoms with Crippen molar-refractivity contribution in [3.05, 3.63) is 11.6 Å². The van der Waals surface area contributed by atoms with Gasteiger partial charge in [-0.05, 0) is 24.4 Å². The van der Waals surface area contributed by atoms with Gasteiger partial charge in [0.1, 0.15) is 4.21 Å². The average Bonchev–Trinajstić information content (AvgIpc) is 2.70. The zero-order chi connectivity index (χ0) is 13.3. The van der Waals surface area contributed by atoms with Crippen LogP contribution in [0.3, 0.4) is 0 Å². The second kappa shape index (κ2) is 5.30. The molecule has 1 aliphatic rings. The van der Waals surface area contributed by atoms with Gasteiger partial charge < -0.3 is 0 Å². The summed E-state index contributed by atoms with van der Waals surface area (Å²) in [5, 5.41) is 5.08. The topological polar surface area (TPSA) is 80.5 Å². The van der Waals surface area contributed by atoms with Crippen LogP contribution in [0, 0.1) is 0 Å². The molecule has 0 saturated carbocycles. The van der Waals surface area contributed by atoms with Gasteiger partial charge in [0, 0.05) is 12.1 Å². The Kier molecular flexibility index (Phi) is 4.12. The van der Waals surface area contributed by atoms with Gasteiger partial charge in [-0.15, -0.1) is 11.3 Å². The Morgan fingerprint density at radius 1 is 1.50 bits per heavy atom. The normalized spacial score (nSPS) is 16.9. The fourth-order valence-electron chi connectivity index (χ4n) is 1.61. The standard InChI is InChI=1S/C10H14N2O3S3/c1-2-3-4-12-6-8(13)7-5-9(18(11,14)15)16-10(7)17-12/h5H,2-4,6H2,1H3,(H2,11,14,15). The van der Waals surface area contributed by atoms with Gasteiger partial charge in [0.2, 0.25) is 10.0 Å². The predicted molar refractivity (Wildman–Crippen MR) is 72.4 cm³/mol. The van der Waals surface area contributed by atoms with Crippen molar-refractivity contribution >= 4 is 39.1 Å². The van der Waals surface area contributed by atoms with E-state index in [1.54, 1.807) is 0 Å². The van der Waals surface area contributed by atoms with Gasteiger partial charge in [-0.1, -0.05) is 13.3 Å². The third kappa shape index (κ3) is 2.94. The van der Waals surface area contributed by atoms with Gasteiger partial charge in [-0.3, -0.25) is 4.79 Å². The van der Waals surface area contributed by atoms with Gasteiger partial charge >= 0.3 is 0 Å². The summed E-state index contributed by atoms with van der Waals surface area (Å²) in [7, 11) is -3.72. The second-order valence-corrected chi connectivity index (χ2v) is 8.25. The molecule has 0 bridgehead atoms. The highest BCUT2D eigenvalue weighted by molar-refractivity contribution is 7.99. The fraction of sp³-hybridized carbons (Fsp3) is 0.500. The Morgan fingerprint density at radius 2 is 2.22 bits per heavy atom. The first kappa shape index (κ1) is 14.0. The molecule has 8 heteroatoms. The van der Waals surface area contributed by atoms with E-state index in [9.17, 15) is 13.2 Å². The first-order valence-corrected chi connectivity index (χ1v) is 8.68. The summed E-state index contributed by atoms with van der Waals surface area (Å²) >= 11 is 2.52. The quantitative estimate of drug-likeness (QED) is 0.856. The number of hydrogen-bond acceptors (Lipinski definition) is 6. The van der Waals surface area contributed by atoms with E-state index in [0.29, 0.717) is 12.1 Å². The first-order valence-electron chi connectivity index (χ1n) is 5.54. The van der Waals surface area contributed by atoms with Crippen molar-refractivity contribution in [2.24, 2.45) is 5.14 Å². The molecule has 0 amide bonds. The van der Waals surface area contributed by atoms with Crippen LogP contribution in [0.15, 0.2) is 14.5 Å². The summed E-state index contributed by atoms with van der Waals surface area (Å²) in [5.74, 6) is -0.0361. The summed E-state index contributed by atoms with van der Waals surface area (Å²) < 4.78 is 25.3. The lowest BCUT2D eigenvalue weighted by Crippen LogP contribution is -2.28. The van der Waals surface area contributed by atoms with Crippen LogP contribution < -0.4 is 5.14 Å². The van der Waals surface area contributed by atoms with Gasteiger partial charge in [0.05, 0.1) is 10.8 Å². The molecule has 0 fully saturated rings. The molecule has 0 saturated heterocycles. The van der Waals surface area contributed by atoms with Crippen LogP contribution in [0.2, 0.25) is 0 Å². The highest BCUT2D eigenvalue weighted by atomic mass is 32.3. The second-order valence-electron chi connectivity index (χ2n) is 4.04. The zero-order valence-electron chi connectivity index (χ0n) is 9.88. The van der Waals surface area contributed by atoms with E-state index in [0.717, 1.165) is 34.9 Å². The number of sulfonamides is 1. The van der Waals surface area contributed by atoms with Crippen LogP contribution in [0.4, 0.5) is 0 Å². The van der Waals surface area contributed by atoms with Gasteiger partial charge in [-0.2, -0.15) is 0 Å². The Hall–Kier alpha value is -0.410. The van der Waals surface area contributed by atoms with E-state index in [2.05, 4.69) is 6.92 Å². The van der Waals surface area contributed by atoms with Crippen molar-refractivity contribution in [3.8, 4) is 0 Å². The molecule has 0 atom stereocenters. The lowest BCUT2D eigenvalue weighted by Gasteiger charge is -2.23. The molecule has 2 rings (SSSR count). The number of ketones is 1. The van der Waals surface area contributed by atoms with Gasteiger partial charge in [0.25, 0.3) is 0 Å². The van der Waals surface area contributed by atoms with E-state index in [1.165, 1.54) is 18.0 Å². The maximum atomic E-state index is 11.9. The van der Waals surface area contributed by atoms with Crippen LogP contribution in [0.1, 0.15) is 30.1 Å². The summed E-state index contributed by atoms with van der Waals surface area (Å²) in [5.41, 5.74) is 0.488. The van der Waals surface area contributed by atoms with Crippen LogP contribution >= 0.6 is 23.3 Å². The first-order chi connectivity index (χ1) is 8.41. The fourth-order valence-corrected chi connectivity index (χ4v) is 5.05. The zero-order valence-corrected chi connectivity index (χ0v) is 12.3. The monoisotopic (exact) mass is 306 g/mol. The predicted octanol–water partition coefficient (Wildman–Crippen LogP) is 1.70. The molecule has 1 aliphatic heterocycles. The lowest BCUT2D eigenvalue weighted by molar-refractivity contribution is 0.0963. The van der Waals surface area contributed by atoms with Gasteiger partial charge in [-0.25, -0.2) is 17.9 Å². The van der Waals surface area contributed by atoms with E-state index in [-0.39, 0.29) is 9.99 Å². The minimum Gasteiger partial charge on any atom is -0.293 e. The molecule has 0 radical (unpaired) electrons. The van der Waals surface area contributed by atoms with Crippen molar-refractivity contribution in [2.75, 3.05) is 13.1 Å². The molecule has 1 aromatic rings. The van der Waals surface area contributed by atoms with Crippen molar-refractivity contribution in [3.63, 3.8) is 0 Å². The highest BCUT2D eigenvalue weighted by Crippen LogP contribution is 2.39. The lowest BCUT2D eigenvalue weighted by atomic mass is 10.2. The summed E-state index contributed by atoms with van der Waals surface area (Å²) in [4.78, 5) is 11.9. The number of nitrogens with zero attached hydrogens (tertiary/aromatic N) is 1. The minimum atomic E-state index is -3.72.